The molecule has 0 unspecified atom stereocenters. The second-order valence-corrected chi connectivity index (χ2v) is 6.26. The van der Waals surface area contributed by atoms with Crippen molar-refractivity contribution in [3.05, 3.63) is 23.8 Å². The number of methoxy groups -OCH3 is 1. The van der Waals surface area contributed by atoms with Gasteiger partial charge in [0.1, 0.15) is 6.10 Å². The Bertz CT molecular complexity index is 414. The van der Waals surface area contributed by atoms with E-state index in [0.29, 0.717) is 6.10 Å². The molecule has 0 bridgehead atoms. The van der Waals surface area contributed by atoms with Crippen LogP contribution in [0.2, 0.25) is 0 Å². The van der Waals surface area contributed by atoms with Gasteiger partial charge < -0.3 is 14.6 Å². The Kier molecular flexibility index (Phi) is 4.07. The van der Waals surface area contributed by atoms with E-state index in [1.165, 1.54) is 0 Å². The highest BCUT2D eigenvalue weighted by molar-refractivity contribution is 8.00. The van der Waals surface area contributed by atoms with E-state index >= 15 is 0 Å². The predicted molar refractivity (Wildman–Crippen MR) is 74.8 cm³/mol. The third-order valence-corrected chi connectivity index (χ3v) is 4.46. The molecule has 0 amide bonds. The van der Waals surface area contributed by atoms with E-state index in [1.54, 1.807) is 7.11 Å². The van der Waals surface area contributed by atoms with Crippen LogP contribution in [0.4, 0.5) is 0 Å². The maximum Gasteiger partial charge on any atom is 0.161 e. The average molecular weight is 268 g/mol. The van der Waals surface area contributed by atoms with Gasteiger partial charge in [0.05, 0.1) is 13.7 Å². The van der Waals surface area contributed by atoms with Gasteiger partial charge in [0.25, 0.3) is 0 Å². The van der Waals surface area contributed by atoms with E-state index in [2.05, 4.69) is 0 Å². The smallest absolute Gasteiger partial charge is 0.161 e. The number of rotatable bonds is 5. The summed E-state index contributed by atoms with van der Waals surface area (Å²) in [5, 5.41) is 9.40. The molecule has 0 atom stereocenters. The fraction of sp³-hybridized carbons (Fsp3) is 0.571. The summed E-state index contributed by atoms with van der Waals surface area (Å²) in [4.78, 5) is 0. The van der Waals surface area contributed by atoms with Crippen molar-refractivity contribution in [2.75, 3.05) is 25.2 Å². The molecule has 0 aliphatic carbocycles. The Labute approximate surface area is 112 Å². The van der Waals surface area contributed by atoms with Crippen LogP contribution in [-0.4, -0.2) is 36.4 Å². The predicted octanol–water partition coefficient (Wildman–Crippen LogP) is 2.46. The summed E-state index contributed by atoms with van der Waals surface area (Å²) < 4.78 is 11.2. The van der Waals surface area contributed by atoms with Gasteiger partial charge in [-0.25, -0.2) is 0 Å². The molecule has 1 saturated heterocycles. The zero-order valence-corrected chi connectivity index (χ0v) is 11.9. The van der Waals surface area contributed by atoms with E-state index in [-0.39, 0.29) is 12.0 Å². The van der Waals surface area contributed by atoms with Gasteiger partial charge >= 0.3 is 0 Å². The van der Waals surface area contributed by atoms with Gasteiger partial charge in [0.2, 0.25) is 0 Å². The maximum absolute atomic E-state index is 9.40. The quantitative estimate of drug-likeness (QED) is 0.890. The molecule has 0 aromatic heterocycles. The highest BCUT2D eigenvalue weighted by atomic mass is 32.2. The largest absolute Gasteiger partial charge is 0.493 e. The van der Waals surface area contributed by atoms with Crippen LogP contribution in [0.5, 0.6) is 11.5 Å². The van der Waals surface area contributed by atoms with Crippen LogP contribution in [0.1, 0.15) is 19.4 Å². The van der Waals surface area contributed by atoms with Crippen molar-refractivity contribution in [3.63, 3.8) is 0 Å². The van der Waals surface area contributed by atoms with Crippen molar-refractivity contribution in [1.82, 2.24) is 0 Å². The lowest BCUT2D eigenvalue weighted by Crippen LogP contribution is -2.31. The summed E-state index contributed by atoms with van der Waals surface area (Å²) in [6.45, 7) is 4.12. The average Bonchev–Trinajstić information content (AvgIpc) is 2.33. The van der Waals surface area contributed by atoms with Crippen molar-refractivity contribution in [1.29, 1.82) is 0 Å². The second kappa shape index (κ2) is 5.41. The number of aliphatic hydroxyl groups excluding tert-OH is 1. The summed E-state index contributed by atoms with van der Waals surface area (Å²) in [5.41, 5.74) is 0.787. The second-order valence-electron chi connectivity index (χ2n) is 5.18. The lowest BCUT2D eigenvalue weighted by Gasteiger charge is -2.28. The minimum Gasteiger partial charge on any atom is -0.493 e. The molecule has 1 aliphatic rings. The van der Waals surface area contributed by atoms with Crippen LogP contribution in [-0.2, 0) is 5.41 Å². The number of hydrogen-bond donors (Lipinski definition) is 1. The van der Waals surface area contributed by atoms with Gasteiger partial charge in [-0.3, -0.25) is 0 Å². The molecule has 4 heteroatoms. The third-order valence-electron chi connectivity index (χ3n) is 3.24. The summed E-state index contributed by atoms with van der Waals surface area (Å²) in [6.07, 6.45) is 0.306. The number of benzene rings is 1. The van der Waals surface area contributed by atoms with Gasteiger partial charge in [-0.15, -0.1) is 0 Å². The summed E-state index contributed by atoms with van der Waals surface area (Å²) in [6, 6.07) is 5.89. The molecule has 1 aliphatic heterocycles. The number of thioether (sulfide) groups is 1. The van der Waals surface area contributed by atoms with E-state index in [1.807, 2.05) is 43.8 Å². The monoisotopic (exact) mass is 268 g/mol. The van der Waals surface area contributed by atoms with Gasteiger partial charge in [-0.2, -0.15) is 11.8 Å². The third kappa shape index (κ3) is 2.75. The SMILES string of the molecule is COc1cc(C(C)(C)CO)ccc1OC1CSC1. The summed E-state index contributed by atoms with van der Waals surface area (Å²) >= 11 is 1.89. The molecule has 18 heavy (non-hydrogen) atoms. The van der Waals surface area contributed by atoms with Crippen LogP contribution in [0.3, 0.4) is 0 Å². The molecule has 0 radical (unpaired) electrons. The van der Waals surface area contributed by atoms with Gasteiger partial charge in [0.15, 0.2) is 11.5 Å². The summed E-state index contributed by atoms with van der Waals surface area (Å²) in [7, 11) is 1.65. The molecule has 3 nitrogen and oxygen atoms in total. The minimum absolute atomic E-state index is 0.107. The molecular formula is C14H20O3S. The lowest BCUT2D eigenvalue weighted by atomic mass is 9.85. The van der Waals surface area contributed by atoms with E-state index < -0.39 is 0 Å². The van der Waals surface area contributed by atoms with Gasteiger partial charge in [0, 0.05) is 16.9 Å². The molecular weight excluding hydrogens is 248 g/mol. The van der Waals surface area contributed by atoms with Crippen LogP contribution in [0.15, 0.2) is 18.2 Å². The first kappa shape index (κ1) is 13.6. The Morgan fingerprint density at radius 1 is 1.33 bits per heavy atom. The first-order chi connectivity index (χ1) is 8.56. The van der Waals surface area contributed by atoms with Crippen LogP contribution in [0, 0.1) is 0 Å². The lowest BCUT2D eigenvalue weighted by molar-refractivity contribution is 0.215. The minimum atomic E-state index is -0.266. The maximum atomic E-state index is 9.40. The molecule has 0 spiro atoms. The molecule has 2 rings (SSSR count). The van der Waals surface area contributed by atoms with Gasteiger partial charge in [-0.05, 0) is 17.7 Å². The van der Waals surface area contributed by atoms with Gasteiger partial charge in [-0.1, -0.05) is 19.9 Å². The normalized spacial score (nSPS) is 16.2. The van der Waals surface area contributed by atoms with Crippen molar-refractivity contribution in [2.45, 2.75) is 25.4 Å². The number of hydrogen-bond acceptors (Lipinski definition) is 4. The van der Waals surface area contributed by atoms with Crippen molar-refractivity contribution in [2.24, 2.45) is 0 Å². The zero-order chi connectivity index (χ0) is 13.2. The van der Waals surface area contributed by atoms with Crippen molar-refractivity contribution >= 4 is 11.8 Å². The number of ether oxygens (including phenoxy) is 2. The Morgan fingerprint density at radius 3 is 2.56 bits per heavy atom. The molecule has 100 valence electrons. The highest BCUT2D eigenvalue weighted by Crippen LogP contribution is 2.35. The molecule has 1 fully saturated rings. The van der Waals surface area contributed by atoms with Crippen molar-refractivity contribution < 1.29 is 14.6 Å². The Balaban J connectivity index is 2.22. The molecule has 1 heterocycles. The molecule has 1 aromatic carbocycles. The first-order valence-electron chi connectivity index (χ1n) is 6.10. The van der Waals surface area contributed by atoms with Crippen LogP contribution < -0.4 is 9.47 Å². The standard InChI is InChI=1S/C14H20O3S/c1-14(2,9-15)10-4-5-12(13(6-10)16-3)17-11-7-18-8-11/h4-6,11,15H,7-9H2,1-3H3. The van der Waals surface area contributed by atoms with E-state index in [0.717, 1.165) is 28.6 Å². The number of aliphatic hydroxyl groups is 1. The van der Waals surface area contributed by atoms with E-state index in [4.69, 9.17) is 9.47 Å². The van der Waals surface area contributed by atoms with Crippen molar-refractivity contribution in [3.8, 4) is 11.5 Å². The van der Waals surface area contributed by atoms with Crippen LogP contribution in [0.25, 0.3) is 0 Å². The fourth-order valence-corrected chi connectivity index (χ4v) is 2.30. The molecule has 1 N–H and O–H groups in total. The highest BCUT2D eigenvalue weighted by Gasteiger charge is 2.24. The molecule has 1 aromatic rings. The zero-order valence-electron chi connectivity index (χ0n) is 11.1. The Hall–Kier alpha value is -0.870. The fourth-order valence-electron chi connectivity index (χ4n) is 1.74. The van der Waals surface area contributed by atoms with Crippen LogP contribution >= 0.6 is 11.8 Å². The first-order valence-corrected chi connectivity index (χ1v) is 7.26. The topological polar surface area (TPSA) is 38.7 Å². The summed E-state index contributed by atoms with van der Waals surface area (Å²) in [5.74, 6) is 3.63. The molecule has 0 saturated carbocycles. The Morgan fingerprint density at radius 2 is 2.06 bits per heavy atom. The van der Waals surface area contributed by atoms with E-state index in [9.17, 15) is 5.11 Å².